The van der Waals surface area contributed by atoms with Gasteiger partial charge in [-0.2, -0.15) is 0 Å². The van der Waals surface area contributed by atoms with Crippen LogP contribution in [-0.2, 0) is 19.3 Å². The number of rotatable bonds is 5. The topological polar surface area (TPSA) is 12.0 Å². The van der Waals surface area contributed by atoms with Crippen LogP contribution in [0.1, 0.15) is 49.8 Å². The van der Waals surface area contributed by atoms with Crippen molar-refractivity contribution >= 4 is 0 Å². The summed E-state index contributed by atoms with van der Waals surface area (Å²) in [5.74, 6) is 0. The minimum absolute atomic E-state index is 0.648. The summed E-state index contributed by atoms with van der Waals surface area (Å²) in [7, 11) is 0. The molecule has 1 aliphatic rings. The van der Waals surface area contributed by atoms with Crippen LogP contribution in [0.5, 0.6) is 0 Å². The van der Waals surface area contributed by atoms with Gasteiger partial charge in [0.05, 0.1) is 0 Å². The summed E-state index contributed by atoms with van der Waals surface area (Å²) < 4.78 is 0. The van der Waals surface area contributed by atoms with E-state index in [0.717, 1.165) is 6.54 Å². The van der Waals surface area contributed by atoms with Gasteiger partial charge in [0.2, 0.25) is 0 Å². The molecule has 0 saturated heterocycles. The molecule has 0 fully saturated rings. The van der Waals surface area contributed by atoms with Crippen molar-refractivity contribution < 1.29 is 0 Å². The standard InChI is InChI=1S/C16H25N/c1-3-13(2)17-12-11-15-9-6-8-14-7-4-5-10-16(14)15/h6,8-9,13,17H,3-5,7,10-12H2,1-2H3. The molecule has 0 saturated carbocycles. The number of aryl methyl sites for hydroxylation is 1. The largest absolute Gasteiger partial charge is 0.314 e. The number of fused-ring (bicyclic) bond motifs is 1. The first kappa shape index (κ1) is 12.6. The molecular formula is C16H25N. The van der Waals surface area contributed by atoms with E-state index in [-0.39, 0.29) is 0 Å². The fourth-order valence-electron chi connectivity index (χ4n) is 2.69. The first-order chi connectivity index (χ1) is 8.31. The lowest BCUT2D eigenvalue weighted by Crippen LogP contribution is -2.27. The second-order valence-electron chi connectivity index (χ2n) is 5.28. The van der Waals surface area contributed by atoms with E-state index in [1.165, 1.54) is 38.5 Å². The highest BCUT2D eigenvalue weighted by atomic mass is 14.9. The van der Waals surface area contributed by atoms with Crippen molar-refractivity contribution in [2.45, 2.75) is 58.4 Å². The van der Waals surface area contributed by atoms with E-state index in [4.69, 9.17) is 0 Å². The third-order valence-corrected chi connectivity index (χ3v) is 3.99. The van der Waals surface area contributed by atoms with Gasteiger partial charge in [-0.3, -0.25) is 0 Å². The summed E-state index contributed by atoms with van der Waals surface area (Å²) >= 11 is 0. The molecule has 1 aliphatic carbocycles. The normalized spacial score (nSPS) is 16.6. The Morgan fingerprint density at radius 2 is 2.06 bits per heavy atom. The van der Waals surface area contributed by atoms with Crippen molar-refractivity contribution in [3.8, 4) is 0 Å². The lowest BCUT2D eigenvalue weighted by molar-refractivity contribution is 0.536. The Morgan fingerprint density at radius 3 is 2.88 bits per heavy atom. The molecular weight excluding hydrogens is 206 g/mol. The van der Waals surface area contributed by atoms with Gasteiger partial charge in [-0.25, -0.2) is 0 Å². The Hall–Kier alpha value is -0.820. The number of nitrogens with one attached hydrogen (secondary N) is 1. The number of hydrogen-bond donors (Lipinski definition) is 1. The quantitative estimate of drug-likeness (QED) is 0.818. The highest BCUT2D eigenvalue weighted by Gasteiger charge is 2.12. The molecule has 1 nitrogen and oxygen atoms in total. The van der Waals surface area contributed by atoms with Gasteiger partial charge in [0, 0.05) is 6.04 Å². The van der Waals surface area contributed by atoms with Crippen molar-refractivity contribution in [2.24, 2.45) is 0 Å². The Morgan fingerprint density at radius 1 is 1.24 bits per heavy atom. The zero-order valence-corrected chi connectivity index (χ0v) is 11.3. The van der Waals surface area contributed by atoms with Crippen molar-refractivity contribution in [1.82, 2.24) is 5.32 Å². The van der Waals surface area contributed by atoms with Crippen molar-refractivity contribution in [3.63, 3.8) is 0 Å². The highest BCUT2D eigenvalue weighted by Crippen LogP contribution is 2.24. The van der Waals surface area contributed by atoms with Crippen LogP contribution in [0.15, 0.2) is 18.2 Å². The van der Waals surface area contributed by atoms with Crippen molar-refractivity contribution in [3.05, 3.63) is 34.9 Å². The van der Waals surface area contributed by atoms with Gasteiger partial charge in [0.15, 0.2) is 0 Å². The molecule has 1 aromatic rings. The maximum atomic E-state index is 3.59. The van der Waals surface area contributed by atoms with Crippen LogP contribution in [0.25, 0.3) is 0 Å². The van der Waals surface area contributed by atoms with E-state index in [9.17, 15) is 0 Å². The van der Waals surface area contributed by atoms with E-state index in [1.807, 2.05) is 0 Å². The van der Waals surface area contributed by atoms with Gasteiger partial charge in [-0.1, -0.05) is 25.1 Å². The minimum atomic E-state index is 0.648. The molecule has 0 radical (unpaired) electrons. The molecule has 1 N–H and O–H groups in total. The third kappa shape index (κ3) is 3.32. The third-order valence-electron chi connectivity index (χ3n) is 3.99. The van der Waals surface area contributed by atoms with Gasteiger partial charge in [0.25, 0.3) is 0 Å². The molecule has 17 heavy (non-hydrogen) atoms. The summed E-state index contributed by atoms with van der Waals surface area (Å²) in [5.41, 5.74) is 4.85. The van der Waals surface area contributed by atoms with Crippen LogP contribution >= 0.6 is 0 Å². The second kappa shape index (κ2) is 6.20. The average molecular weight is 231 g/mol. The summed E-state index contributed by atoms with van der Waals surface area (Å²) in [6.07, 6.45) is 7.75. The van der Waals surface area contributed by atoms with Gasteiger partial charge in [-0.15, -0.1) is 0 Å². The van der Waals surface area contributed by atoms with E-state index in [0.29, 0.717) is 6.04 Å². The molecule has 1 heteroatoms. The molecule has 1 unspecified atom stereocenters. The van der Waals surface area contributed by atoms with Gasteiger partial charge in [0.1, 0.15) is 0 Å². The smallest absolute Gasteiger partial charge is 0.00362 e. The Bertz CT molecular complexity index is 357. The summed E-state index contributed by atoms with van der Waals surface area (Å²) in [6.45, 7) is 5.62. The Labute approximate surface area is 106 Å². The summed E-state index contributed by atoms with van der Waals surface area (Å²) in [6, 6.07) is 7.53. The fourth-order valence-corrected chi connectivity index (χ4v) is 2.69. The molecule has 0 amide bonds. The molecule has 0 aromatic heterocycles. The SMILES string of the molecule is CCC(C)NCCc1cccc2c1CCCC2. The lowest BCUT2D eigenvalue weighted by Gasteiger charge is -2.20. The minimum Gasteiger partial charge on any atom is -0.314 e. The van der Waals surface area contributed by atoms with Crippen LogP contribution in [0.2, 0.25) is 0 Å². The zero-order valence-electron chi connectivity index (χ0n) is 11.3. The van der Waals surface area contributed by atoms with Crippen LogP contribution < -0.4 is 5.32 Å². The number of hydrogen-bond acceptors (Lipinski definition) is 1. The predicted molar refractivity (Wildman–Crippen MR) is 74.5 cm³/mol. The molecule has 94 valence electrons. The van der Waals surface area contributed by atoms with Crippen LogP contribution in [0.3, 0.4) is 0 Å². The van der Waals surface area contributed by atoms with Crippen molar-refractivity contribution in [1.29, 1.82) is 0 Å². The monoisotopic (exact) mass is 231 g/mol. The van der Waals surface area contributed by atoms with Crippen LogP contribution in [-0.4, -0.2) is 12.6 Å². The van der Waals surface area contributed by atoms with E-state index < -0.39 is 0 Å². The second-order valence-corrected chi connectivity index (χ2v) is 5.28. The molecule has 0 bridgehead atoms. The Balaban J connectivity index is 1.96. The van der Waals surface area contributed by atoms with Gasteiger partial charge < -0.3 is 5.32 Å². The van der Waals surface area contributed by atoms with E-state index in [2.05, 4.69) is 37.4 Å². The molecule has 0 spiro atoms. The highest BCUT2D eigenvalue weighted by molar-refractivity contribution is 5.37. The molecule has 1 atom stereocenters. The Kier molecular flexibility index (Phi) is 4.61. The fraction of sp³-hybridized carbons (Fsp3) is 0.625. The zero-order chi connectivity index (χ0) is 12.1. The van der Waals surface area contributed by atoms with E-state index >= 15 is 0 Å². The van der Waals surface area contributed by atoms with Crippen molar-refractivity contribution in [2.75, 3.05) is 6.54 Å². The summed E-state index contributed by atoms with van der Waals surface area (Å²) in [4.78, 5) is 0. The maximum Gasteiger partial charge on any atom is 0.00362 e. The first-order valence-electron chi connectivity index (χ1n) is 7.14. The van der Waals surface area contributed by atoms with Crippen LogP contribution in [0.4, 0.5) is 0 Å². The molecule has 0 heterocycles. The van der Waals surface area contributed by atoms with E-state index in [1.54, 1.807) is 16.7 Å². The summed E-state index contributed by atoms with van der Waals surface area (Å²) in [5, 5.41) is 3.59. The maximum absolute atomic E-state index is 3.59. The van der Waals surface area contributed by atoms with Gasteiger partial charge >= 0.3 is 0 Å². The predicted octanol–water partition coefficient (Wildman–Crippen LogP) is 3.50. The molecule has 0 aliphatic heterocycles. The molecule has 2 rings (SSSR count). The lowest BCUT2D eigenvalue weighted by atomic mass is 9.87. The first-order valence-corrected chi connectivity index (χ1v) is 7.14. The van der Waals surface area contributed by atoms with Gasteiger partial charge in [-0.05, 0) is 68.7 Å². The molecule has 1 aromatic carbocycles. The van der Waals surface area contributed by atoms with Crippen LogP contribution in [0, 0.1) is 0 Å². The number of benzene rings is 1. The average Bonchev–Trinajstić information content (AvgIpc) is 2.39.